The van der Waals surface area contributed by atoms with Crippen molar-refractivity contribution in [3.63, 3.8) is 0 Å². The zero-order valence-electron chi connectivity index (χ0n) is 11.0. The Balaban J connectivity index is 2.19. The zero-order valence-corrected chi connectivity index (χ0v) is 11.0. The van der Waals surface area contributed by atoms with Crippen molar-refractivity contribution in [2.45, 2.75) is 12.6 Å². The first-order valence-corrected chi connectivity index (χ1v) is 6.60. The maximum Gasteiger partial charge on any atom is 0.0843 e. The third kappa shape index (κ3) is 2.11. The number of aromatic nitrogens is 1. The minimum absolute atomic E-state index is 0.385. The highest BCUT2D eigenvalue weighted by Gasteiger charge is 2.12. The molecule has 3 aromatic rings. The van der Waals surface area contributed by atoms with Crippen LogP contribution < -0.4 is 5.32 Å². The van der Waals surface area contributed by atoms with Gasteiger partial charge in [-0.3, -0.25) is 0 Å². The Kier molecular flexibility index (Phi) is 3.23. The first kappa shape index (κ1) is 12.2. The summed E-state index contributed by atoms with van der Waals surface area (Å²) < 4.78 is 2.20. The van der Waals surface area contributed by atoms with Crippen molar-refractivity contribution in [3.8, 4) is 0 Å². The summed E-state index contributed by atoms with van der Waals surface area (Å²) in [5.41, 5.74) is 2.36. The number of rotatable bonds is 4. The van der Waals surface area contributed by atoms with Crippen molar-refractivity contribution < 1.29 is 5.11 Å². The molecule has 0 fully saturated rings. The van der Waals surface area contributed by atoms with Crippen molar-refractivity contribution in [1.29, 1.82) is 0 Å². The van der Waals surface area contributed by atoms with Gasteiger partial charge in [0.2, 0.25) is 0 Å². The van der Waals surface area contributed by atoms with E-state index in [1.165, 1.54) is 21.8 Å². The average molecular weight is 254 g/mol. The maximum atomic E-state index is 10.1. The maximum absolute atomic E-state index is 10.1. The first-order valence-electron chi connectivity index (χ1n) is 6.60. The van der Waals surface area contributed by atoms with E-state index in [2.05, 4.69) is 46.3 Å². The van der Waals surface area contributed by atoms with Crippen LogP contribution in [0.2, 0.25) is 0 Å². The Morgan fingerprint density at radius 2 is 1.53 bits per heavy atom. The molecule has 0 aliphatic rings. The third-order valence-electron chi connectivity index (χ3n) is 3.51. The number of nitrogens with one attached hydrogen (secondary N) is 1. The lowest BCUT2D eigenvalue weighted by Gasteiger charge is -2.13. The summed E-state index contributed by atoms with van der Waals surface area (Å²) >= 11 is 0. The number of nitrogens with zero attached hydrogens (tertiary/aromatic N) is 1. The van der Waals surface area contributed by atoms with Crippen molar-refractivity contribution in [1.82, 2.24) is 9.88 Å². The molecule has 0 radical (unpaired) electrons. The van der Waals surface area contributed by atoms with Gasteiger partial charge in [0.05, 0.1) is 12.6 Å². The molecule has 0 spiro atoms. The summed E-state index contributed by atoms with van der Waals surface area (Å²) in [7, 11) is 1.86. The predicted octanol–water partition coefficient (Wildman–Crippen LogP) is 2.37. The number of aliphatic hydroxyl groups excluding tert-OH is 1. The van der Waals surface area contributed by atoms with E-state index in [-0.39, 0.29) is 6.10 Å². The number of para-hydroxylation sites is 2. The Morgan fingerprint density at radius 3 is 2.05 bits per heavy atom. The quantitative estimate of drug-likeness (QED) is 0.750. The number of fused-ring (bicyclic) bond motifs is 3. The Hall–Kier alpha value is -1.84. The van der Waals surface area contributed by atoms with E-state index in [4.69, 9.17) is 0 Å². The molecule has 1 aromatic heterocycles. The topological polar surface area (TPSA) is 37.2 Å². The fraction of sp³-hybridized carbons (Fsp3) is 0.250. The van der Waals surface area contributed by atoms with Gasteiger partial charge in [0, 0.05) is 28.4 Å². The average Bonchev–Trinajstić information content (AvgIpc) is 2.75. The van der Waals surface area contributed by atoms with Crippen LogP contribution in [-0.4, -0.2) is 29.4 Å². The van der Waals surface area contributed by atoms with Gasteiger partial charge in [-0.25, -0.2) is 0 Å². The number of benzene rings is 2. The van der Waals surface area contributed by atoms with Crippen LogP contribution in [0.1, 0.15) is 0 Å². The molecule has 3 heteroatoms. The van der Waals surface area contributed by atoms with E-state index in [1.807, 2.05) is 19.2 Å². The summed E-state index contributed by atoms with van der Waals surface area (Å²) in [5, 5.41) is 15.6. The minimum atomic E-state index is -0.385. The molecule has 2 aromatic carbocycles. The smallest absolute Gasteiger partial charge is 0.0843 e. The van der Waals surface area contributed by atoms with Gasteiger partial charge in [0.1, 0.15) is 0 Å². The minimum Gasteiger partial charge on any atom is -0.390 e. The molecule has 0 saturated carbocycles. The summed E-state index contributed by atoms with van der Waals surface area (Å²) in [4.78, 5) is 0. The van der Waals surface area contributed by atoms with Crippen molar-refractivity contribution in [2.75, 3.05) is 13.6 Å². The standard InChI is InChI=1S/C16H18N2O/c1-17-10-12(19)11-18-15-8-4-2-6-13(15)14-7-3-5-9-16(14)18/h2-9,12,17,19H,10-11H2,1H3/t12-/m0/s1. The van der Waals surface area contributed by atoms with E-state index in [1.54, 1.807) is 0 Å². The molecular formula is C16H18N2O. The lowest BCUT2D eigenvalue weighted by molar-refractivity contribution is 0.157. The van der Waals surface area contributed by atoms with Gasteiger partial charge in [-0.1, -0.05) is 36.4 Å². The molecule has 98 valence electrons. The predicted molar refractivity (Wildman–Crippen MR) is 79.4 cm³/mol. The number of hydrogen-bond donors (Lipinski definition) is 2. The molecule has 0 aliphatic carbocycles. The van der Waals surface area contributed by atoms with Gasteiger partial charge in [0.25, 0.3) is 0 Å². The molecule has 0 saturated heterocycles. The number of likely N-dealkylation sites (N-methyl/N-ethyl adjacent to an activating group) is 1. The number of aliphatic hydroxyl groups is 1. The summed E-state index contributed by atoms with van der Waals surface area (Å²) in [6.45, 7) is 1.20. The van der Waals surface area contributed by atoms with Crippen LogP contribution in [0.4, 0.5) is 0 Å². The first-order chi connectivity index (χ1) is 9.31. The molecule has 0 amide bonds. The SMILES string of the molecule is CNC[C@H](O)Cn1c2ccccc2c2ccccc21. The summed E-state index contributed by atoms with van der Waals surface area (Å²) in [6, 6.07) is 16.7. The normalized spacial score (nSPS) is 13.2. The molecule has 0 bridgehead atoms. The molecule has 3 nitrogen and oxygen atoms in total. The zero-order chi connectivity index (χ0) is 13.2. The second-order valence-corrected chi connectivity index (χ2v) is 4.86. The largest absolute Gasteiger partial charge is 0.390 e. The molecule has 0 aliphatic heterocycles. The Labute approximate surface area is 112 Å². The third-order valence-corrected chi connectivity index (χ3v) is 3.51. The van der Waals surface area contributed by atoms with Gasteiger partial charge < -0.3 is 15.0 Å². The molecule has 0 unspecified atom stereocenters. The van der Waals surface area contributed by atoms with E-state index in [0.717, 1.165) is 0 Å². The Bertz CT molecular complexity index is 649. The van der Waals surface area contributed by atoms with Gasteiger partial charge in [-0.05, 0) is 19.2 Å². The molecule has 1 heterocycles. The van der Waals surface area contributed by atoms with Gasteiger partial charge in [-0.2, -0.15) is 0 Å². The highest BCUT2D eigenvalue weighted by atomic mass is 16.3. The van der Waals surface area contributed by atoms with Crippen LogP contribution >= 0.6 is 0 Å². The lowest BCUT2D eigenvalue weighted by atomic mass is 10.2. The highest BCUT2D eigenvalue weighted by Crippen LogP contribution is 2.28. The molecule has 3 rings (SSSR count). The second kappa shape index (κ2) is 5.03. The van der Waals surface area contributed by atoms with Crippen LogP contribution in [0.15, 0.2) is 48.5 Å². The van der Waals surface area contributed by atoms with Gasteiger partial charge in [0.15, 0.2) is 0 Å². The van der Waals surface area contributed by atoms with E-state index < -0.39 is 0 Å². The lowest BCUT2D eigenvalue weighted by Crippen LogP contribution is -2.27. The summed E-state index contributed by atoms with van der Waals surface area (Å²) in [5.74, 6) is 0. The van der Waals surface area contributed by atoms with Crippen LogP contribution in [0, 0.1) is 0 Å². The fourth-order valence-electron chi connectivity index (χ4n) is 2.71. The van der Waals surface area contributed by atoms with Crippen LogP contribution in [0.3, 0.4) is 0 Å². The van der Waals surface area contributed by atoms with E-state index in [9.17, 15) is 5.11 Å². The van der Waals surface area contributed by atoms with Gasteiger partial charge in [-0.15, -0.1) is 0 Å². The van der Waals surface area contributed by atoms with Crippen LogP contribution in [-0.2, 0) is 6.54 Å². The fourth-order valence-corrected chi connectivity index (χ4v) is 2.71. The van der Waals surface area contributed by atoms with E-state index in [0.29, 0.717) is 13.1 Å². The molecule has 19 heavy (non-hydrogen) atoms. The highest BCUT2D eigenvalue weighted by molar-refractivity contribution is 6.07. The molecule has 2 N–H and O–H groups in total. The van der Waals surface area contributed by atoms with Crippen molar-refractivity contribution in [3.05, 3.63) is 48.5 Å². The number of hydrogen-bond acceptors (Lipinski definition) is 2. The van der Waals surface area contributed by atoms with Crippen molar-refractivity contribution in [2.24, 2.45) is 0 Å². The monoisotopic (exact) mass is 254 g/mol. The molecular weight excluding hydrogens is 236 g/mol. The second-order valence-electron chi connectivity index (χ2n) is 4.86. The van der Waals surface area contributed by atoms with Crippen LogP contribution in [0.5, 0.6) is 0 Å². The van der Waals surface area contributed by atoms with Gasteiger partial charge >= 0.3 is 0 Å². The van der Waals surface area contributed by atoms with E-state index >= 15 is 0 Å². The Morgan fingerprint density at radius 1 is 1.00 bits per heavy atom. The van der Waals surface area contributed by atoms with Crippen molar-refractivity contribution >= 4 is 21.8 Å². The molecule has 1 atom stereocenters. The van der Waals surface area contributed by atoms with Crippen LogP contribution in [0.25, 0.3) is 21.8 Å². The summed E-state index contributed by atoms with van der Waals surface area (Å²) in [6.07, 6.45) is -0.385.